The van der Waals surface area contributed by atoms with Crippen molar-refractivity contribution in [2.75, 3.05) is 37.7 Å². The Labute approximate surface area is 177 Å². The third-order valence-corrected chi connectivity index (χ3v) is 7.50. The fraction of sp³-hybridized carbons (Fsp3) is 0.476. The average Bonchev–Trinajstić information content (AvgIpc) is 3.32. The molecule has 0 bridgehead atoms. The molecule has 158 valence electrons. The highest BCUT2D eigenvalue weighted by Gasteiger charge is 2.36. The van der Waals surface area contributed by atoms with Crippen molar-refractivity contribution in [2.45, 2.75) is 26.3 Å². The van der Waals surface area contributed by atoms with E-state index in [0.29, 0.717) is 35.9 Å². The lowest BCUT2D eigenvalue weighted by Gasteiger charge is -2.30. The van der Waals surface area contributed by atoms with Crippen LogP contribution >= 0.6 is 11.6 Å². The number of benzene rings is 1. The molecule has 3 rings (SSSR count). The van der Waals surface area contributed by atoms with Crippen LogP contribution in [0.5, 0.6) is 0 Å². The van der Waals surface area contributed by atoms with Crippen LogP contribution in [-0.2, 0) is 9.84 Å². The number of hydrogen-bond acceptors (Lipinski definition) is 5. The SMILES string of the molecule is CCN(CC)CCN(C(=O)c1ccc(-c2ccccc2Cl)o1)C1CCS(=O)(=O)C1. The number of nitrogens with zero attached hydrogens (tertiary/aromatic N) is 2. The molecule has 1 amide bonds. The van der Waals surface area contributed by atoms with Gasteiger partial charge in [-0.3, -0.25) is 4.79 Å². The van der Waals surface area contributed by atoms with E-state index in [-0.39, 0.29) is 29.2 Å². The van der Waals surface area contributed by atoms with Gasteiger partial charge in [-0.2, -0.15) is 0 Å². The van der Waals surface area contributed by atoms with Crippen LogP contribution in [0.25, 0.3) is 11.3 Å². The van der Waals surface area contributed by atoms with Crippen molar-refractivity contribution in [3.8, 4) is 11.3 Å². The molecule has 29 heavy (non-hydrogen) atoms. The molecule has 8 heteroatoms. The molecule has 1 aliphatic rings. The van der Waals surface area contributed by atoms with E-state index in [1.165, 1.54) is 0 Å². The summed E-state index contributed by atoms with van der Waals surface area (Å²) < 4.78 is 29.8. The molecule has 2 heterocycles. The Balaban J connectivity index is 1.83. The first-order valence-electron chi connectivity index (χ1n) is 9.93. The quantitative estimate of drug-likeness (QED) is 0.630. The summed E-state index contributed by atoms with van der Waals surface area (Å²) >= 11 is 6.23. The summed E-state index contributed by atoms with van der Waals surface area (Å²) in [6.45, 7) is 7.03. The molecule has 0 spiro atoms. The maximum atomic E-state index is 13.2. The van der Waals surface area contributed by atoms with Gasteiger partial charge in [0.15, 0.2) is 15.6 Å². The number of likely N-dealkylation sites (N-methyl/N-ethyl adjacent to an activating group) is 1. The van der Waals surface area contributed by atoms with Gasteiger partial charge < -0.3 is 14.2 Å². The minimum absolute atomic E-state index is 0.00900. The first-order chi connectivity index (χ1) is 13.8. The van der Waals surface area contributed by atoms with Crippen LogP contribution in [0.15, 0.2) is 40.8 Å². The molecule has 1 atom stereocenters. The summed E-state index contributed by atoms with van der Waals surface area (Å²) in [7, 11) is -3.10. The highest BCUT2D eigenvalue weighted by atomic mass is 35.5. The van der Waals surface area contributed by atoms with Crippen LogP contribution in [0, 0.1) is 0 Å². The van der Waals surface area contributed by atoms with Crippen molar-refractivity contribution in [1.82, 2.24) is 9.80 Å². The standard InChI is InChI=1S/C21H27ClN2O4S/c1-3-23(4-2)12-13-24(16-11-14-29(26,27)15-16)21(25)20-10-9-19(28-20)17-7-5-6-8-18(17)22/h5-10,16H,3-4,11-15H2,1-2H3. The zero-order chi connectivity index (χ0) is 21.0. The Hall–Kier alpha value is -1.83. The van der Waals surface area contributed by atoms with Crippen molar-refractivity contribution < 1.29 is 17.6 Å². The summed E-state index contributed by atoms with van der Waals surface area (Å²) in [5.41, 5.74) is 0.714. The Bertz CT molecular complexity index is 953. The summed E-state index contributed by atoms with van der Waals surface area (Å²) in [5.74, 6) is 0.563. The van der Waals surface area contributed by atoms with Gasteiger partial charge >= 0.3 is 0 Å². The van der Waals surface area contributed by atoms with Gasteiger partial charge in [0.25, 0.3) is 5.91 Å². The normalized spacial score (nSPS) is 18.3. The zero-order valence-corrected chi connectivity index (χ0v) is 18.4. The second kappa shape index (κ2) is 9.32. The molecule has 0 N–H and O–H groups in total. The maximum absolute atomic E-state index is 13.2. The maximum Gasteiger partial charge on any atom is 0.289 e. The summed E-state index contributed by atoms with van der Waals surface area (Å²) in [5, 5.41) is 0.543. The van der Waals surface area contributed by atoms with E-state index in [1.807, 2.05) is 18.2 Å². The Morgan fingerprint density at radius 1 is 1.14 bits per heavy atom. The molecule has 1 fully saturated rings. The number of rotatable bonds is 8. The van der Waals surface area contributed by atoms with Crippen LogP contribution in [0.2, 0.25) is 5.02 Å². The minimum atomic E-state index is -3.10. The largest absolute Gasteiger partial charge is 0.451 e. The molecule has 1 aromatic carbocycles. The van der Waals surface area contributed by atoms with Gasteiger partial charge in [-0.15, -0.1) is 0 Å². The van der Waals surface area contributed by atoms with Crippen LogP contribution in [0.3, 0.4) is 0 Å². The van der Waals surface area contributed by atoms with Crippen molar-refractivity contribution in [2.24, 2.45) is 0 Å². The van der Waals surface area contributed by atoms with Gasteiger partial charge in [-0.05, 0) is 43.8 Å². The first kappa shape index (κ1) is 21.9. The number of halogens is 1. The summed E-state index contributed by atoms with van der Waals surface area (Å²) in [6.07, 6.45) is 0.463. The number of sulfone groups is 1. The molecular formula is C21H27ClN2O4S. The molecule has 1 aromatic heterocycles. The van der Waals surface area contributed by atoms with E-state index in [9.17, 15) is 13.2 Å². The molecule has 6 nitrogen and oxygen atoms in total. The lowest BCUT2D eigenvalue weighted by atomic mass is 10.2. The highest BCUT2D eigenvalue weighted by Crippen LogP contribution is 2.30. The topological polar surface area (TPSA) is 70.8 Å². The third kappa shape index (κ3) is 5.21. The van der Waals surface area contributed by atoms with Crippen LogP contribution in [-0.4, -0.2) is 67.9 Å². The Kier molecular flexibility index (Phi) is 7.03. The van der Waals surface area contributed by atoms with Crippen LogP contribution in [0.4, 0.5) is 0 Å². The fourth-order valence-electron chi connectivity index (χ4n) is 3.66. The Morgan fingerprint density at radius 2 is 1.86 bits per heavy atom. The van der Waals surface area contributed by atoms with E-state index in [1.54, 1.807) is 23.1 Å². The molecule has 1 aliphatic heterocycles. The Morgan fingerprint density at radius 3 is 2.48 bits per heavy atom. The highest BCUT2D eigenvalue weighted by molar-refractivity contribution is 7.91. The molecular weight excluding hydrogens is 412 g/mol. The van der Waals surface area contributed by atoms with Gasteiger partial charge in [0.2, 0.25) is 0 Å². The number of carbonyl (C=O) groups is 1. The number of furan rings is 1. The lowest BCUT2D eigenvalue weighted by Crippen LogP contribution is -2.45. The van der Waals surface area contributed by atoms with Crippen molar-refractivity contribution in [3.05, 3.63) is 47.2 Å². The minimum Gasteiger partial charge on any atom is -0.451 e. The average molecular weight is 439 g/mol. The monoisotopic (exact) mass is 438 g/mol. The van der Waals surface area contributed by atoms with Gasteiger partial charge in [0.05, 0.1) is 16.5 Å². The number of amides is 1. The van der Waals surface area contributed by atoms with E-state index >= 15 is 0 Å². The predicted molar refractivity (Wildman–Crippen MR) is 115 cm³/mol. The van der Waals surface area contributed by atoms with Gasteiger partial charge in [0.1, 0.15) is 5.76 Å². The first-order valence-corrected chi connectivity index (χ1v) is 12.1. The zero-order valence-electron chi connectivity index (χ0n) is 16.8. The van der Waals surface area contributed by atoms with Crippen molar-refractivity contribution in [1.29, 1.82) is 0 Å². The second-order valence-corrected chi connectivity index (χ2v) is 9.86. The van der Waals surface area contributed by atoms with E-state index in [2.05, 4.69) is 18.7 Å². The number of hydrogen-bond donors (Lipinski definition) is 0. The van der Waals surface area contributed by atoms with Crippen LogP contribution < -0.4 is 0 Å². The van der Waals surface area contributed by atoms with Crippen molar-refractivity contribution >= 4 is 27.3 Å². The molecule has 0 radical (unpaired) electrons. The predicted octanol–water partition coefficient (Wildman–Crippen LogP) is 3.57. The van der Waals surface area contributed by atoms with E-state index < -0.39 is 9.84 Å². The van der Waals surface area contributed by atoms with Crippen LogP contribution in [0.1, 0.15) is 30.8 Å². The molecule has 1 saturated heterocycles. The second-order valence-electron chi connectivity index (χ2n) is 7.23. The van der Waals surface area contributed by atoms with E-state index in [4.69, 9.17) is 16.0 Å². The van der Waals surface area contributed by atoms with Gasteiger partial charge in [-0.1, -0.05) is 37.6 Å². The molecule has 1 unspecified atom stereocenters. The molecule has 0 aliphatic carbocycles. The smallest absolute Gasteiger partial charge is 0.289 e. The molecule has 0 saturated carbocycles. The summed E-state index contributed by atoms with van der Waals surface area (Å²) in [6, 6.07) is 10.3. The van der Waals surface area contributed by atoms with Gasteiger partial charge in [-0.25, -0.2) is 8.42 Å². The van der Waals surface area contributed by atoms with Gasteiger partial charge in [0, 0.05) is 24.7 Å². The fourth-order valence-corrected chi connectivity index (χ4v) is 5.62. The number of carbonyl (C=O) groups excluding carboxylic acids is 1. The lowest BCUT2D eigenvalue weighted by molar-refractivity contribution is 0.0643. The third-order valence-electron chi connectivity index (χ3n) is 5.42. The molecule has 2 aromatic rings. The van der Waals surface area contributed by atoms with Crippen molar-refractivity contribution in [3.63, 3.8) is 0 Å². The van der Waals surface area contributed by atoms with E-state index in [0.717, 1.165) is 13.1 Å². The summed E-state index contributed by atoms with van der Waals surface area (Å²) in [4.78, 5) is 17.1.